The van der Waals surface area contributed by atoms with Crippen LogP contribution in [0.25, 0.3) is 0 Å². The summed E-state index contributed by atoms with van der Waals surface area (Å²) in [5.41, 5.74) is 0.664. The van der Waals surface area contributed by atoms with Crippen LogP contribution in [-0.2, 0) is 4.74 Å². The van der Waals surface area contributed by atoms with E-state index in [4.69, 9.17) is 14.8 Å². The van der Waals surface area contributed by atoms with Crippen molar-refractivity contribution in [1.82, 2.24) is 0 Å². The highest BCUT2D eigenvalue weighted by molar-refractivity contribution is 6.58. The van der Waals surface area contributed by atoms with Crippen molar-refractivity contribution in [2.24, 2.45) is 5.92 Å². The molecular formula is C14H22BFO3. The first-order chi connectivity index (χ1) is 9.08. The first-order valence-electron chi connectivity index (χ1n) is 6.85. The molecule has 1 heterocycles. The average molecular weight is 268 g/mol. The molecule has 0 spiro atoms. The van der Waals surface area contributed by atoms with Crippen LogP contribution in [0.5, 0.6) is 0 Å². The van der Waals surface area contributed by atoms with E-state index in [1.165, 1.54) is 12.1 Å². The summed E-state index contributed by atoms with van der Waals surface area (Å²) in [5.74, 6) is -0.0469. The molecule has 0 bridgehead atoms. The number of ether oxygens (including phenoxy) is 1. The van der Waals surface area contributed by atoms with Gasteiger partial charge in [-0.1, -0.05) is 32.9 Å². The molecule has 0 amide bonds. The van der Waals surface area contributed by atoms with E-state index in [0.717, 1.165) is 18.4 Å². The number of halogens is 1. The topological polar surface area (TPSA) is 49.7 Å². The predicted molar refractivity (Wildman–Crippen MR) is 74.7 cm³/mol. The Bertz CT molecular complexity index is 390. The molecule has 2 unspecified atom stereocenters. The highest BCUT2D eigenvalue weighted by atomic mass is 19.1. The minimum absolute atomic E-state index is 0.0782. The number of rotatable bonds is 2. The zero-order valence-corrected chi connectivity index (χ0v) is 11.8. The number of hydrogen-bond acceptors (Lipinski definition) is 3. The molecule has 2 atom stereocenters. The molecule has 106 valence electrons. The van der Waals surface area contributed by atoms with E-state index in [9.17, 15) is 4.39 Å². The van der Waals surface area contributed by atoms with Crippen LogP contribution >= 0.6 is 0 Å². The van der Waals surface area contributed by atoms with Gasteiger partial charge in [-0.25, -0.2) is 4.39 Å². The normalized spacial score (nSPS) is 22.4. The predicted octanol–water partition coefficient (Wildman–Crippen LogP) is 2.02. The maximum Gasteiger partial charge on any atom is 0.491 e. The molecule has 0 saturated carbocycles. The molecule has 0 aliphatic carbocycles. The third-order valence-corrected chi connectivity index (χ3v) is 3.18. The van der Waals surface area contributed by atoms with E-state index < -0.39 is 12.9 Å². The summed E-state index contributed by atoms with van der Waals surface area (Å²) in [6.45, 7) is 6.82. The summed E-state index contributed by atoms with van der Waals surface area (Å²) in [7, 11) is -1.77. The minimum atomic E-state index is -1.77. The second kappa shape index (κ2) is 7.63. The smallest absolute Gasteiger partial charge is 0.423 e. The molecule has 1 aromatic rings. The summed E-state index contributed by atoms with van der Waals surface area (Å²) < 4.78 is 19.2. The zero-order valence-electron chi connectivity index (χ0n) is 11.8. The van der Waals surface area contributed by atoms with E-state index in [-0.39, 0.29) is 11.6 Å². The Hall–Kier alpha value is -0.905. The fraction of sp³-hybridized carbons (Fsp3) is 0.571. The second-order valence-corrected chi connectivity index (χ2v) is 4.66. The first kappa shape index (κ1) is 16.2. The quantitative estimate of drug-likeness (QED) is 0.807. The minimum Gasteiger partial charge on any atom is -0.423 e. The van der Waals surface area contributed by atoms with Crippen LogP contribution in [0.2, 0.25) is 0 Å². The van der Waals surface area contributed by atoms with Crippen molar-refractivity contribution in [3.05, 3.63) is 29.6 Å². The van der Waals surface area contributed by atoms with Crippen LogP contribution in [-0.4, -0.2) is 23.8 Å². The van der Waals surface area contributed by atoms with Gasteiger partial charge in [-0.05, 0) is 30.4 Å². The summed E-state index contributed by atoms with van der Waals surface area (Å²) in [5, 5.41) is 17.8. The third-order valence-electron chi connectivity index (χ3n) is 3.18. The molecule has 1 aliphatic rings. The molecule has 1 aromatic carbocycles. The van der Waals surface area contributed by atoms with Gasteiger partial charge in [0, 0.05) is 12.1 Å². The van der Waals surface area contributed by atoms with Gasteiger partial charge in [0.15, 0.2) is 0 Å². The molecule has 5 heteroatoms. The van der Waals surface area contributed by atoms with E-state index >= 15 is 0 Å². The standard InChI is InChI=1S/C12H16BFO3.C2H6/c1-8-2-5-12(17-7-8)9-3-4-10(13(15)16)11(14)6-9;1-2/h3-4,6,8,12,15-16H,2,5,7H2,1H3;1-2H3. The maximum absolute atomic E-state index is 13.6. The number of benzene rings is 1. The fourth-order valence-electron chi connectivity index (χ4n) is 2.10. The Labute approximate surface area is 114 Å². The Kier molecular flexibility index (Phi) is 6.48. The van der Waals surface area contributed by atoms with Crippen molar-refractivity contribution in [2.75, 3.05) is 6.61 Å². The van der Waals surface area contributed by atoms with Crippen molar-refractivity contribution in [3.63, 3.8) is 0 Å². The van der Waals surface area contributed by atoms with E-state index in [1.807, 2.05) is 13.8 Å². The Morgan fingerprint density at radius 2 is 1.95 bits per heavy atom. The van der Waals surface area contributed by atoms with Gasteiger partial charge in [0.25, 0.3) is 0 Å². The summed E-state index contributed by atoms with van der Waals surface area (Å²) in [4.78, 5) is 0. The number of hydrogen-bond donors (Lipinski definition) is 2. The third kappa shape index (κ3) is 4.30. The summed E-state index contributed by atoms with van der Waals surface area (Å²) in [6.07, 6.45) is 1.86. The molecule has 1 aliphatic heterocycles. The monoisotopic (exact) mass is 268 g/mol. The van der Waals surface area contributed by atoms with Crippen molar-refractivity contribution < 1.29 is 19.2 Å². The fourth-order valence-corrected chi connectivity index (χ4v) is 2.10. The Morgan fingerprint density at radius 1 is 1.26 bits per heavy atom. The Morgan fingerprint density at radius 3 is 2.42 bits per heavy atom. The van der Waals surface area contributed by atoms with Crippen LogP contribution in [0, 0.1) is 11.7 Å². The highest BCUT2D eigenvalue weighted by Crippen LogP contribution is 2.30. The van der Waals surface area contributed by atoms with Crippen molar-refractivity contribution in [2.45, 2.75) is 39.7 Å². The van der Waals surface area contributed by atoms with Crippen molar-refractivity contribution in [1.29, 1.82) is 0 Å². The lowest BCUT2D eigenvalue weighted by Gasteiger charge is -2.27. The first-order valence-corrected chi connectivity index (χ1v) is 6.85. The largest absolute Gasteiger partial charge is 0.491 e. The van der Waals surface area contributed by atoms with Crippen LogP contribution in [0.3, 0.4) is 0 Å². The van der Waals surface area contributed by atoms with Gasteiger partial charge >= 0.3 is 7.12 Å². The molecule has 19 heavy (non-hydrogen) atoms. The van der Waals surface area contributed by atoms with Crippen LogP contribution in [0.1, 0.15) is 45.3 Å². The molecule has 3 nitrogen and oxygen atoms in total. The highest BCUT2D eigenvalue weighted by Gasteiger charge is 2.23. The van der Waals surface area contributed by atoms with Gasteiger partial charge in [0.2, 0.25) is 0 Å². The summed E-state index contributed by atoms with van der Waals surface area (Å²) in [6, 6.07) is 4.42. The SMILES string of the molecule is CC.CC1CCC(c2ccc(B(O)O)c(F)c2)OC1. The second-order valence-electron chi connectivity index (χ2n) is 4.66. The van der Waals surface area contributed by atoms with Crippen molar-refractivity contribution >= 4 is 12.6 Å². The van der Waals surface area contributed by atoms with Gasteiger partial charge in [0.05, 0.1) is 6.10 Å². The lowest BCUT2D eigenvalue weighted by Crippen LogP contribution is -2.33. The molecule has 1 saturated heterocycles. The van der Waals surface area contributed by atoms with Crippen molar-refractivity contribution in [3.8, 4) is 0 Å². The van der Waals surface area contributed by atoms with Gasteiger partial charge < -0.3 is 14.8 Å². The van der Waals surface area contributed by atoms with Gasteiger partial charge in [-0.2, -0.15) is 0 Å². The molecule has 0 radical (unpaired) electrons. The van der Waals surface area contributed by atoms with E-state index in [1.54, 1.807) is 6.07 Å². The average Bonchev–Trinajstić information content (AvgIpc) is 2.41. The lowest BCUT2D eigenvalue weighted by molar-refractivity contribution is -0.0125. The van der Waals surface area contributed by atoms with Gasteiger partial charge in [-0.15, -0.1) is 0 Å². The lowest BCUT2D eigenvalue weighted by atomic mass is 9.79. The van der Waals surface area contributed by atoms with Gasteiger partial charge in [0.1, 0.15) is 5.82 Å². The van der Waals surface area contributed by atoms with Crippen LogP contribution in [0.15, 0.2) is 18.2 Å². The molecular weight excluding hydrogens is 246 g/mol. The van der Waals surface area contributed by atoms with E-state index in [2.05, 4.69) is 6.92 Å². The summed E-state index contributed by atoms with van der Waals surface area (Å²) >= 11 is 0. The zero-order chi connectivity index (χ0) is 14.4. The van der Waals surface area contributed by atoms with Crippen LogP contribution < -0.4 is 5.46 Å². The molecule has 0 aromatic heterocycles. The van der Waals surface area contributed by atoms with E-state index in [0.29, 0.717) is 12.5 Å². The maximum atomic E-state index is 13.6. The molecule has 2 N–H and O–H groups in total. The van der Waals surface area contributed by atoms with Gasteiger partial charge in [-0.3, -0.25) is 0 Å². The molecule has 1 fully saturated rings. The molecule has 2 rings (SSSR count). The van der Waals surface area contributed by atoms with Crippen LogP contribution in [0.4, 0.5) is 4.39 Å². The Balaban J connectivity index is 0.000000861.